The number of hydrogen-bond donors (Lipinski definition) is 1. The van der Waals surface area contributed by atoms with E-state index in [1.807, 2.05) is 18.2 Å². The molecule has 2 aromatic rings. The van der Waals surface area contributed by atoms with E-state index < -0.39 is 0 Å². The summed E-state index contributed by atoms with van der Waals surface area (Å²) in [7, 11) is 0. The Morgan fingerprint density at radius 3 is 2.89 bits per heavy atom. The van der Waals surface area contributed by atoms with Gasteiger partial charge < -0.3 is 5.32 Å². The Hall–Kier alpha value is -0.610. The van der Waals surface area contributed by atoms with Crippen LogP contribution in [0.5, 0.6) is 0 Å². The first-order valence-corrected chi connectivity index (χ1v) is 7.41. The molecule has 0 bridgehead atoms. The van der Waals surface area contributed by atoms with Crippen molar-refractivity contribution in [2.45, 2.75) is 19.4 Å². The molecule has 1 N–H and O–H groups in total. The van der Waals surface area contributed by atoms with E-state index in [1.165, 1.54) is 10.6 Å². The maximum absolute atomic E-state index is 6.05. The van der Waals surface area contributed by atoms with Crippen LogP contribution in [0.3, 0.4) is 0 Å². The highest BCUT2D eigenvalue weighted by Gasteiger charge is 2.21. The summed E-state index contributed by atoms with van der Waals surface area (Å²) in [5.74, 6) is 0. The number of thiazole rings is 1. The lowest BCUT2D eigenvalue weighted by Gasteiger charge is -2.18. The van der Waals surface area contributed by atoms with Gasteiger partial charge in [0.2, 0.25) is 0 Å². The van der Waals surface area contributed by atoms with Crippen molar-refractivity contribution in [2.24, 2.45) is 0 Å². The number of hydrogen-bond acceptors (Lipinski definition) is 3. The van der Waals surface area contributed by atoms with Gasteiger partial charge in [-0.25, -0.2) is 4.98 Å². The van der Waals surface area contributed by atoms with Gasteiger partial charge in [0.05, 0.1) is 15.7 Å². The number of rotatable bonds is 1. The van der Waals surface area contributed by atoms with E-state index in [0.29, 0.717) is 16.1 Å². The number of benzene rings is 1. The molecule has 5 heteroatoms. The summed E-state index contributed by atoms with van der Waals surface area (Å²) in [6.07, 6.45) is 0.998. The van der Waals surface area contributed by atoms with Crippen molar-refractivity contribution in [1.82, 2.24) is 10.3 Å². The van der Waals surface area contributed by atoms with Crippen LogP contribution in [-0.2, 0) is 6.42 Å². The monoisotopic (exact) mass is 298 g/mol. The van der Waals surface area contributed by atoms with Crippen LogP contribution >= 0.6 is 34.5 Å². The fourth-order valence-electron chi connectivity index (χ4n) is 2.13. The summed E-state index contributed by atoms with van der Waals surface area (Å²) in [5, 5.41) is 5.63. The van der Waals surface area contributed by atoms with Gasteiger partial charge in [0.15, 0.2) is 0 Å². The van der Waals surface area contributed by atoms with Crippen molar-refractivity contribution in [3.63, 3.8) is 0 Å². The van der Waals surface area contributed by atoms with Crippen LogP contribution in [0.1, 0.15) is 23.5 Å². The third-order valence-electron chi connectivity index (χ3n) is 3.10. The zero-order chi connectivity index (χ0) is 12.7. The predicted octanol–water partition coefficient (Wildman–Crippen LogP) is 4.32. The molecule has 1 unspecified atom stereocenters. The molecule has 1 aliphatic heterocycles. The van der Waals surface area contributed by atoms with E-state index in [4.69, 9.17) is 28.2 Å². The molecule has 0 fully saturated rings. The fourth-order valence-corrected chi connectivity index (χ4v) is 3.57. The Labute approximate surface area is 120 Å². The number of halogens is 2. The van der Waals surface area contributed by atoms with Gasteiger partial charge in [0.25, 0.3) is 0 Å². The molecule has 18 heavy (non-hydrogen) atoms. The zero-order valence-corrected chi connectivity index (χ0v) is 12.2. The average molecular weight is 299 g/mol. The summed E-state index contributed by atoms with van der Waals surface area (Å²) < 4.78 is 0. The van der Waals surface area contributed by atoms with Crippen LogP contribution in [0.2, 0.25) is 10.0 Å². The molecule has 3 rings (SSSR count). The standard InChI is InChI=1S/C13H12Cl2N2S/c1-7-12-11(4-5-16-7)17-13(18-12)8-2-3-9(14)10(15)6-8/h2-3,6-7,16H,4-5H2,1H3. The molecule has 1 aromatic heterocycles. The lowest BCUT2D eigenvalue weighted by atomic mass is 10.1. The highest BCUT2D eigenvalue weighted by atomic mass is 35.5. The first-order chi connectivity index (χ1) is 8.65. The van der Waals surface area contributed by atoms with E-state index in [1.54, 1.807) is 11.3 Å². The van der Waals surface area contributed by atoms with Gasteiger partial charge in [-0.05, 0) is 19.1 Å². The second kappa shape index (κ2) is 4.82. The Morgan fingerprint density at radius 2 is 2.17 bits per heavy atom. The molecule has 0 radical (unpaired) electrons. The van der Waals surface area contributed by atoms with Gasteiger partial charge in [-0.15, -0.1) is 11.3 Å². The van der Waals surface area contributed by atoms with Gasteiger partial charge in [-0.2, -0.15) is 0 Å². The maximum Gasteiger partial charge on any atom is 0.123 e. The van der Waals surface area contributed by atoms with Crippen LogP contribution in [-0.4, -0.2) is 11.5 Å². The third-order valence-corrected chi connectivity index (χ3v) is 5.17. The van der Waals surface area contributed by atoms with Crippen molar-refractivity contribution in [3.05, 3.63) is 38.8 Å². The number of nitrogens with one attached hydrogen (secondary N) is 1. The van der Waals surface area contributed by atoms with Crippen LogP contribution < -0.4 is 5.32 Å². The van der Waals surface area contributed by atoms with E-state index in [0.717, 1.165) is 23.5 Å². The largest absolute Gasteiger partial charge is 0.309 e. The van der Waals surface area contributed by atoms with Crippen LogP contribution in [0.4, 0.5) is 0 Å². The van der Waals surface area contributed by atoms with Gasteiger partial charge in [0.1, 0.15) is 5.01 Å². The van der Waals surface area contributed by atoms with Crippen molar-refractivity contribution in [3.8, 4) is 10.6 Å². The molecule has 2 nitrogen and oxygen atoms in total. The molecule has 2 heterocycles. The summed E-state index contributed by atoms with van der Waals surface area (Å²) in [6.45, 7) is 3.17. The summed E-state index contributed by atoms with van der Waals surface area (Å²) in [4.78, 5) is 6.05. The van der Waals surface area contributed by atoms with Gasteiger partial charge in [0, 0.05) is 29.4 Å². The molecule has 1 aromatic carbocycles. The maximum atomic E-state index is 6.05. The third kappa shape index (κ3) is 2.16. The summed E-state index contributed by atoms with van der Waals surface area (Å²) >= 11 is 13.7. The Kier molecular flexibility index (Phi) is 3.32. The van der Waals surface area contributed by atoms with E-state index in [-0.39, 0.29) is 0 Å². The fraction of sp³-hybridized carbons (Fsp3) is 0.308. The van der Waals surface area contributed by atoms with E-state index >= 15 is 0 Å². The Morgan fingerprint density at radius 1 is 1.33 bits per heavy atom. The zero-order valence-electron chi connectivity index (χ0n) is 9.84. The molecule has 0 saturated carbocycles. The molecule has 94 valence electrons. The molecular weight excluding hydrogens is 287 g/mol. The first kappa shape index (κ1) is 12.4. The molecule has 1 aliphatic rings. The van der Waals surface area contributed by atoms with Crippen LogP contribution in [0.25, 0.3) is 10.6 Å². The second-order valence-electron chi connectivity index (χ2n) is 4.38. The lowest BCUT2D eigenvalue weighted by Crippen LogP contribution is -2.26. The van der Waals surface area contributed by atoms with Gasteiger partial charge >= 0.3 is 0 Å². The first-order valence-electron chi connectivity index (χ1n) is 5.83. The average Bonchev–Trinajstić information content (AvgIpc) is 2.78. The van der Waals surface area contributed by atoms with Crippen LogP contribution in [0, 0.1) is 0 Å². The lowest BCUT2D eigenvalue weighted by molar-refractivity contribution is 0.545. The van der Waals surface area contributed by atoms with Crippen molar-refractivity contribution in [1.29, 1.82) is 0 Å². The minimum atomic E-state index is 0.391. The minimum Gasteiger partial charge on any atom is -0.309 e. The number of nitrogens with zero attached hydrogens (tertiary/aromatic N) is 1. The second-order valence-corrected chi connectivity index (χ2v) is 6.23. The highest BCUT2D eigenvalue weighted by molar-refractivity contribution is 7.15. The highest BCUT2D eigenvalue weighted by Crippen LogP contribution is 2.36. The summed E-state index contributed by atoms with van der Waals surface area (Å²) in [5.41, 5.74) is 2.25. The molecule has 0 amide bonds. The molecule has 0 spiro atoms. The number of fused-ring (bicyclic) bond motifs is 1. The van der Waals surface area contributed by atoms with Gasteiger partial charge in [-0.1, -0.05) is 29.3 Å². The predicted molar refractivity (Wildman–Crippen MR) is 77.7 cm³/mol. The molecule has 0 aliphatic carbocycles. The van der Waals surface area contributed by atoms with Crippen molar-refractivity contribution >= 4 is 34.5 Å². The molecular formula is C13H12Cl2N2S. The molecule has 0 saturated heterocycles. The van der Waals surface area contributed by atoms with Crippen molar-refractivity contribution < 1.29 is 0 Å². The normalized spacial score (nSPS) is 18.7. The number of aromatic nitrogens is 1. The quantitative estimate of drug-likeness (QED) is 0.848. The Balaban J connectivity index is 2.04. The van der Waals surface area contributed by atoms with E-state index in [2.05, 4.69) is 12.2 Å². The minimum absolute atomic E-state index is 0.391. The Bertz CT molecular complexity index is 595. The van der Waals surface area contributed by atoms with Gasteiger partial charge in [-0.3, -0.25) is 0 Å². The van der Waals surface area contributed by atoms with Crippen LogP contribution in [0.15, 0.2) is 18.2 Å². The smallest absolute Gasteiger partial charge is 0.123 e. The molecule has 1 atom stereocenters. The topological polar surface area (TPSA) is 24.9 Å². The summed E-state index contributed by atoms with van der Waals surface area (Å²) in [6, 6.07) is 6.06. The van der Waals surface area contributed by atoms with Crippen molar-refractivity contribution in [2.75, 3.05) is 6.54 Å². The van der Waals surface area contributed by atoms with E-state index in [9.17, 15) is 0 Å². The SMILES string of the molecule is CC1NCCc2nc(-c3ccc(Cl)c(Cl)c3)sc21.